The van der Waals surface area contributed by atoms with Gasteiger partial charge in [-0.25, -0.2) is 0 Å². The average molecular weight is 278 g/mol. The van der Waals surface area contributed by atoms with Gasteiger partial charge >= 0.3 is 0 Å². The van der Waals surface area contributed by atoms with E-state index in [1.165, 1.54) is 6.42 Å². The van der Waals surface area contributed by atoms with Crippen molar-refractivity contribution in [3.05, 3.63) is 22.4 Å². The highest BCUT2D eigenvalue weighted by Gasteiger charge is 2.44. The summed E-state index contributed by atoms with van der Waals surface area (Å²) in [6.07, 6.45) is 3.99. The highest BCUT2D eigenvalue weighted by Crippen LogP contribution is 2.30. The Labute approximate surface area is 117 Å². The van der Waals surface area contributed by atoms with Gasteiger partial charge in [0, 0.05) is 19.5 Å². The molecule has 0 saturated carbocycles. The highest BCUT2D eigenvalue weighted by atomic mass is 32.1. The third kappa shape index (κ3) is 2.39. The zero-order valence-corrected chi connectivity index (χ0v) is 11.9. The lowest BCUT2D eigenvalue weighted by atomic mass is 9.96. The number of thiophene rings is 1. The number of carbonyl (C=O) groups is 1. The lowest BCUT2D eigenvalue weighted by Crippen LogP contribution is -2.49. The fourth-order valence-corrected chi connectivity index (χ4v) is 3.37. The zero-order valence-electron chi connectivity index (χ0n) is 11.1. The number of piperidine rings is 1. The number of carbonyl (C=O) groups excluding carboxylic acids is 1. The average Bonchev–Trinajstić information content (AvgIpc) is 3.09. The molecule has 19 heavy (non-hydrogen) atoms. The first-order valence-corrected chi connectivity index (χ1v) is 7.65. The van der Waals surface area contributed by atoms with E-state index in [1.807, 2.05) is 29.3 Å². The van der Waals surface area contributed by atoms with E-state index in [2.05, 4.69) is 5.16 Å². The van der Waals surface area contributed by atoms with Gasteiger partial charge in [-0.3, -0.25) is 4.79 Å². The first-order chi connectivity index (χ1) is 9.19. The predicted octanol–water partition coefficient (Wildman–Crippen LogP) is 2.64. The second kappa shape index (κ2) is 4.96. The lowest BCUT2D eigenvalue weighted by Gasteiger charge is -2.32. The van der Waals surface area contributed by atoms with Crippen LogP contribution in [0.25, 0.3) is 0 Å². The predicted molar refractivity (Wildman–Crippen MR) is 75.4 cm³/mol. The Bertz CT molecular complexity index is 492. The summed E-state index contributed by atoms with van der Waals surface area (Å²) in [5.41, 5.74) is 0.0827. The number of hydrogen-bond acceptors (Lipinski definition) is 4. The molecule has 0 aromatic carbocycles. The van der Waals surface area contributed by atoms with Gasteiger partial charge in [0.1, 0.15) is 5.71 Å². The summed E-state index contributed by atoms with van der Waals surface area (Å²) < 4.78 is 0. The van der Waals surface area contributed by atoms with Crippen molar-refractivity contribution in [3.63, 3.8) is 0 Å². The summed E-state index contributed by atoms with van der Waals surface area (Å²) in [4.78, 5) is 21.1. The number of hydrogen-bond donors (Lipinski definition) is 0. The lowest BCUT2D eigenvalue weighted by molar-refractivity contribution is -0.154. The molecule has 2 aliphatic heterocycles. The van der Waals surface area contributed by atoms with Crippen LogP contribution >= 0.6 is 11.3 Å². The van der Waals surface area contributed by atoms with Crippen molar-refractivity contribution in [3.8, 4) is 0 Å². The van der Waals surface area contributed by atoms with Crippen LogP contribution in [0.2, 0.25) is 0 Å². The minimum atomic E-state index is -0.809. The molecule has 102 valence electrons. The Morgan fingerprint density at radius 3 is 2.89 bits per heavy atom. The Morgan fingerprint density at radius 1 is 1.42 bits per heavy atom. The van der Waals surface area contributed by atoms with Crippen LogP contribution in [0.5, 0.6) is 0 Å². The summed E-state index contributed by atoms with van der Waals surface area (Å²) in [5, 5.41) is 6.14. The van der Waals surface area contributed by atoms with Crippen LogP contribution in [0.15, 0.2) is 22.7 Å². The van der Waals surface area contributed by atoms with E-state index in [4.69, 9.17) is 4.84 Å². The van der Waals surface area contributed by atoms with Gasteiger partial charge in [-0.1, -0.05) is 11.2 Å². The monoisotopic (exact) mass is 278 g/mol. The molecule has 3 heterocycles. The van der Waals surface area contributed by atoms with Crippen LogP contribution in [-0.2, 0) is 9.63 Å². The molecule has 1 saturated heterocycles. The van der Waals surface area contributed by atoms with Crippen molar-refractivity contribution in [2.75, 3.05) is 13.1 Å². The van der Waals surface area contributed by atoms with Gasteiger partial charge in [0.05, 0.1) is 4.88 Å². The first-order valence-electron chi connectivity index (χ1n) is 6.77. The quantitative estimate of drug-likeness (QED) is 0.834. The van der Waals surface area contributed by atoms with Crippen molar-refractivity contribution in [2.45, 2.75) is 38.2 Å². The molecule has 0 unspecified atom stereocenters. The fraction of sp³-hybridized carbons (Fsp3) is 0.571. The summed E-state index contributed by atoms with van der Waals surface area (Å²) in [6, 6.07) is 4.01. The maximum atomic E-state index is 12.6. The van der Waals surface area contributed by atoms with Gasteiger partial charge < -0.3 is 9.74 Å². The standard InChI is InChI=1S/C14H18N2O2S/c1-14(13(17)16-7-3-2-4-8-16)10-11(15-18-14)12-6-5-9-19-12/h5-6,9H,2-4,7-8,10H2,1H3/t14-/m1/s1. The van der Waals surface area contributed by atoms with Gasteiger partial charge in [-0.15, -0.1) is 11.3 Å². The molecule has 0 N–H and O–H groups in total. The summed E-state index contributed by atoms with van der Waals surface area (Å²) >= 11 is 1.63. The maximum absolute atomic E-state index is 12.6. The Morgan fingerprint density at radius 2 is 2.21 bits per heavy atom. The minimum absolute atomic E-state index is 0.0857. The van der Waals surface area contributed by atoms with Gasteiger partial charge in [0.2, 0.25) is 5.60 Å². The van der Waals surface area contributed by atoms with Crippen LogP contribution < -0.4 is 0 Å². The molecule has 3 rings (SSSR count). The van der Waals surface area contributed by atoms with E-state index in [-0.39, 0.29) is 5.91 Å². The van der Waals surface area contributed by atoms with Crippen LogP contribution in [-0.4, -0.2) is 35.2 Å². The molecule has 4 nitrogen and oxygen atoms in total. The van der Waals surface area contributed by atoms with Crippen LogP contribution in [0.4, 0.5) is 0 Å². The topological polar surface area (TPSA) is 41.9 Å². The molecule has 0 aliphatic carbocycles. The van der Waals surface area contributed by atoms with E-state index in [0.29, 0.717) is 6.42 Å². The molecular weight excluding hydrogens is 260 g/mol. The Kier molecular flexibility index (Phi) is 3.31. The molecule has 1 amide bonds. The summed E-state index contributed by atoms with van der Waals surface area (Å²) in [5.74, 6) is 0.0857. The molecule has 1 atom stereocenters. The number of nitrogens with zero attached hydrogens (tertiary/aromatic N) is 2. The van der Waals surface area contributed by atoms with Crippen molar-refractivity contribution in [1.82, 2.24) is 4.90 Å². The van der Waals surface area contributed by atoms with Crippen molar-refractivity contribution < 1.29 is 9.63 Å². The first kappa shape index (κ1) is 12.7. The van der Waals surface area contributed by atoms with Gasteiger partial charge in [0.15, 0.2) is 0 Å². The van der Waals surface area contributed by atoms with E-state index in [9.17, 15) is 4.79 Å². The number of rotatable bonds is 2. The van der Waals surface area contributed by atoms with Gasteiger partial charge in [-0.2, -0.15) is 0 Å². The fourth-order valence-electron chi connectivity index (χ4n) is 2.66. The zero-order chi connectivity index (χ0) is 13.3. The third-order valence-corrected chi connectivity index (χ3v) is 4.68. The molecule has 0 radical (unpaired) electrons. The van der Waals surface area contributed by atoms with E-state index in [1.54, 1.807) is 11.3 Å². The second-order valence-corrected chi connectivity index (χ2v) is 6.31. The minimum Gasteiger partial charge on any atom is -0.379 e. The van der Waals surface area contributed by atoms with E-state index >= 15 is 0 Å². The molecule has 2 aliphatic rings. The molecule has 0 bridgehead atoms. The molecule has 1 fully saturated rings. The van der Waals surface area contributed by atoms with Crippen molar-refractivity contribution in [2.24, 2.45) is 5.16 Å². The maximum Gasteiger partial charge on any atom is 0.269 e. The molecule has 5 heteroatoms. The molecular formula is C14H18N2O2S. The normalized spacial score (nSPS) is 27.0. The van der Waals surface area contributed by atoms with Crippen molar-refractivity contribution >= 4 is 23.0 Å². The van der Waals surface area contributed by atoms with E-state index < -0.39 is 5.60 Å². The number of oxime groups is 1. The number of likely N-dealkylation sites (tertiary alicyclic amines) is 1. The number of amides is 1. The molecule has 1 aromatic heterocycles. The summed E-state index contributed by atoms with van der Waals surface area (Å²) in [7, 11) is 0. The Hall–Kier alpha value is -1.36. The van der Waals surface area contributed by atoms with E-state index in [0.717, 1.165) is 36.5 Å². The van der Waals surface area contributed by atoms with Crippen LogP contribution in [0, 0.1) is 0 Å². The third-order valence-electron chi connectivity index (χ3n) is 3.76. The highest BCUT2D eigenvalue weighted by molar-refractivity contribution is 7.12. The largest absolute Gasteiger partial charge is 0.379 e. The van der Waals surface area contributed by atoms with Crippen LogP contribution in [0.1, 0.15) is 37.5 Å². The van der Waals surface area contributed by atoms with Crippen LogP contribution in [0.3, 0.4) is 0 Å². The SMILES string of the molecule is C[C@]1(C(=O)N2CCCCC2)CC(c2cccs2)=NO1. The van der Waals surface area contributed by atoms with Gasteiger partial charge in [0.25, 0.3) is 5.91 Å². The molecule has 0 spiro atoms. The second-order valence-electron chi connectivity index (χ2n) is 5.37. The van der Waals surface area contributed by atoms with Gasteiger partial charge in [-0.05, 0) is 37.6 Å². The van der Waals surface area contributed by atoms with Crippen molar-refractivity contribution in [1.29, 1.82) is 0 Å². The molecule has 1 aromatic rings. The summed E-state index contributed by atoms with van der Waals surface area (Å²) in [6.45, 7) is 3.56. The Balaban J connectivity index is 1.70. The smallest absolute Gasteiger partial charge is 0.269 e.